The molecule has 0 heterocycles. The Morgan fingerprint density at radius 1 is 1.47 bits per heavy atom. The highest BCUT2D eigenvalue weighted by Gasteiger charge is 2.07. The van der Waals surface area contributed by atoms with Crippen molar-refractivity contribution >= 4 is 0 Å². The fourth-order valence-corrected chi connectivity index (χ4v) is 1.61. The van der Waals surface area contributed by atoms with Gasteiger partial charge in [0.05, 0.1) is 7.11 Å². The molecule has 0 radical (unpaired) electrons. The summed E-state index contributed by atoms with van der Waals surface area (Å²) in [6, 6.07) is 5.96. The highest BCUT2D eigenvalue weighted by Crippen LogP contribution is 2.23. The Kier molecular flexibility index (Phi) is 4.59. The smallest absolute Gasteiger partial charge is 0.121 e. The van der Waals surface area contributed by atoms with Crippen LogP contribution >= 0.6 is 0 Å². The summed E-state index contributed by atoms with van der Waals surface area (Å²) in [4.78, 5) is 0. The summed E-state index contributed by atoms with van der Waals surface area (Å²) >= 11 is 0. The Morgan fingerprint density at radius 3 is 2.73 bits per heavy atom. The van der Waals surface area contributed by atoms with Crippen LogP contribution in [-0.4, -0.2) is 18.8 Å². The maximum Gasteiger partial charge on any atom is 0.121 e. The van der Waals surface area contributed by atoms with E-state index in [1.807, 2.05) is 25.1 Å². The molecule has 0 amide bonds. The maximum atomic E-state index is 8.72. The van der Waals surface area contributed by atoms with Crippen molar-refractivity contribution in [3.05, 3.63) is 29.3 Å². The summed E-state index contributed by atoms with van der Waals surface area (Å²) in [6.07, 6.45) is 1.55. The van der Waals surface area contributed by atoms with E-state index in [0.717, 1.165) is 29.7 Å². The molecule has 0 spiro atoms. The molecule has 1 atom stereocenters. The first-order valence-electron chi connectivity index (χ1n) is 5.20. The van der Waals surface area contributed by atoms with E-state index in [2.05, 4.69) is 0 Å². The number of aliphatic hydroxyl groups excluding tert-OH is 1. The van der Waals surface area contributed by atoms with E-state index >= 15 is 0 Å². The lowest BCUT2D eigenvalue weighted by molar-refractivity contribution is 0.280. The molecule has 0 aromatic heterocycles. The molecule has 0 fully saturated rings. The van der Waals surface area contributed by atoms with Gasteiger partial charge in [0, 0.05) is 12.6 Å². The first-order valence-corrected chi connectivity index (χ1v) is 5.20. The van der Waals surface area contributed by atoms with Crippen LogP contribution in [-0.2, 0) is 0 Å². The molecule has 0 saturated carbocycles. The van der Waals surface area contributed by atoms with Gasteiger partial charge in [-0.05, 0) is 37.0 Å². The van der Waals surface area contributed by atoms with Gasteiger partial charge < -0.3 is 15.6 Å². The zero-order valence-corrected chi connectivity index (χ0v) is 9.36. The molecular weight excluding hydrogens is 190 g/mol. The summed E-state index contributed by atoms with van der Waals surface area (Å²) in [5.74, 6) is 0.883. The second-order valence-corrected chi connectivity index (χ2v) is 3.70. The molecule has 0 aliphatic rings. The molecule has 0 bridgehead atoms. The molecule has 1 rings (SSSR count). The van der Waals surface area contributed by atoms with Crippen LogP contribution in [0, 0.1) is 6.92 Å². The molecule has 84 valence electrons. The van der Waals surface area contributed by atoms with E-state index in [0.29, 0.717) is 0 Å². The molecule has 1 aromatic carbocycles. The normalized spacial score (nSPS) is 12.5. The monoisotopic (exact) mass is 209 g/mol. The highest BCUT2D eigenvalue weighted by molar-refractivity contribution is 5.37. The van der Waals surface area contributed by atoms with Crippen molar-refractivity contribution in [2.24, 2.45) is 5.73 Å². The van der Waals surface area contributed by atoms with Gasteiger partial charge in [0.1, 0.15) is 5.75 Å². The fourth-order valence-electron chi connectivity index (χ4n) is 1.61. The Morgan fingerprint density at radius 2 is 2.20 bits per heavy atom. The van der Waals surface area contributed by atoms with Gasteiger partial charge in [-0.1, -0.05) is 12.1 Å². The quantitative estimate of drug-likeness (QED) is 0.777. The number of rotatable bonds is 5. The predicted molar refractivity (Wildman–Crippen MR) is 61.0 cm³/mol. The number of aryl methyl sites for hydroxylation is 1. The number of ether oxygens (including phenoxy) is 1. The number of hydrogen-bond acceptors (Lipinski definition) is 3. The SMILES string of the molecule is COc1ccc([C@H](N)CCCO)cc1C. The minimum atomic E-state index is 0.00163. The minimum absolute atomic E-state index is 0.00163. The maximum absolute atomic E-state index is 8.72. The van der Waals surface area contributed by atoms with E-state index in [9.17, 15) is 0 Å². The number of methoxy groups -OCH3 is 1. The van der Waals surface area contributed by atoms with Gasteiger partial charge in [-0.2, -0.15) is 0 Å². The van der Waals surface area contributed by atoms with Crippen molar-refractivity contribution in [2.75, 3.05) is 13.7 Å². The summed E-state index contributed by atoms with van der Waals surface area (Å²) in [5, 5.41) is 8.72. The molecule has 0 unspecified atom stereocenters. The zero-order chi connectivity index (χ0) is 11.3. The molecule has 3 nitrogen and oxygen atoms in total. The average Bonchev–Trinajstić information content (AvgIpc) is 2.25. The average molecular weight is 209 g/mol. The van der Waals surface area contributed by atoms with Crippen LogP contribution < -0.4 is 10.5 Å². The Bertz CT molecular complexity index is 312. The van der Waals surface area contributed by atoms with Crippen LogP contribution in [0.5, 0.6) is 5.75 Å². The van der Waals surface area contributed by atoms with Gasteiger partial charge in [0.15, 0.2) is 0 Å². The Labute approximate surface area is 90.9 Å². The fraction of sp³-hybridized carbons (Fsp3) is 0.500. The molecule has 0 aliphatic carbocycles. The van der Waals surface area contributed by atoms with Crippen molar-refractivity contribution in [3.63, 3.8) is 0 Å². The van der Waals surface area contributed by atoms with E-state index < -0.39 is 0 Å². The molecule has 3 N–H and O–H groups in total. The van der Waals surface area contributed by atoms with Gasteiger partial charge in [-0.3, -0.25) is 0 Å². The topological polar surface area (TPSA) is 55.5 Å². The van der Waals surface area contributed by atoms with Gasteiger partial charge in [-0.15, -0.1) is 0 Å². The molecule has 3 heteroatoms. The highest BCUT2D eigenvalue weighted by atomic mass is 16.5. The largest absolute Gasteiger partial charge is 0.496 e. The van der Waals surface area contributed by atoms with Crippen LogP contribution in [0.25, 0.3) is 0 Å². The van der Waals surface area contributed by atoms with Crippen LogP contribution in [0.4, 0.5) is 0 Å². The number of benzene rings is 1. The standard InChI is InChI=1S/C12H19NO2/c1-9-8-10(5-6-12(9)15-2)11(13)4-3-7-14/h5-6,8,11,14H,3-4,7,13H2,1-2H3/t11-/m1/s1. The molecule has 15 heavy (non-hydrogen) atoms. The van der Waals surface area contributed by atoms with Crippen molar-refractivity contribution in [1.29, 1.82) is 0 Å². The van der Waals surface area contributed by atoms with Crippen LogP contribution in [0.15, 0.2) is 18.2 Å². The van der Waals surface area contributed by atoms with Gasteiger partial charge in [0.25, 0.3) is 0 Å². The van der Waals surface area contributed by atoms with Crippen molar-refractivity contribution in [1.82, 2.24) is 0 Å². The minimum Gasteiger partial charge on any atom is -0.496 e. The van der Waals surface area contributed by atoms with E-state index in [1.165, 1.54) is 0 Å². The number of nitrogens with two attached hydrogens (primary N) is 1. The van der Waals surface area contributed by atoms with E-state index in [-0.39, 0.29) is 12.6 Å². The molecule has 0 saturated heterocycles. The number of hydrogen-bond donors (Lipinski definition) is 2. The number of aliphatic hydroxyl groups is 1. The molecular formula is C12H19NO2. The third-order valence-electron chi connectivity index (χ3n) is 2.52. The van der Waals surface area contributed by atoms with Gasteiger partial charge in [-0.25, -0.2) is 0 Å². The first kappa shape index (κ1) is 12.0. The first-order chi connectivity index (χ1) is 7.19. The lowest BCUT2D eigenvalue weighted by Crippen LogP contribution is -2.11. The van der Waals surface area contributed by atoms with Gasteiger partial charge >= 0.3 is 0 Å². The lowest BCUT2D eigenvalue weighted by Gasteiger charge is -2.13. The van der Waals surface area contributed by atoms with E-state index in [1.54, 1.807) is 7.11 Å². The second-order valence-electron chi connectivity index (χ2n) is 3.70. The van der Waals surface area contributed by atoms with Gasteiger partial charge in [0.2, 0.25) is 0 Å². The zero-order valence-electron chi connectivity index (χ0n) is 9.36. The summed E-state index contributed by atoms with van der Waals surface area (Å²) in [7, 11) is 1.66. The Balaban J connectivity index is 2.73. The summed E-state index contributed by atoms with van der Waals surface area (Å²) in [6.45, 7) is 2.20. The third-order valence-corrected chi connectivity index (χ3v) is 2.52. The summed E-state index contributed by atoms with van der Waals surface area (Å²) < 4.78 is 5.18. The Hall–Kier alpha value is -1.06. The van der Waals surface area contributed by atoms with Crippen LogP contribution in [0.1, 0.15) is 30.0 Å². The van der Waals surface area contributed by atoms with Crippen molar-refractivity contribution < 1.29 is 9.84 Å². The van der Waals surface area contributed by atoms with Crippen molar-refractivity contribution in [3.8, 4) is 5.75 Å². The second kappa shape index (κ2) is 5.73. The molecule has 0 aliphatic heterocycles. The van der Waals surface area contributed by atoms with Crippen molar-refractivity contribution in [2.45, 2.75) is 25.8 Å². The third kappa shape index (κ3) is 3.22. The van der Waals surface area contributed by atoms with E-state index in [4.69, 9.17) is 15.6 Å². The molecule has 1 aromatic rings. The van der Waals surface area contributed by atoms with Crippen LogP contribution in [0.2, 0.25) is 0 Å². The lowest BCUT2D eigenvalue weighted by atomic mass is 10.0. The van der Waals surface area contributed by atoms with Crippen LogP contribution in [0.3, 0.4) is 0 Å². The predicted octanol–water partition coefficient (Wildman–Crippen LogP) is 1.78. The summed E-state index contributed by atoms with van der Waals surface area (Å²) in [5.41, 5.74) is 8.18.